The summed E-state index contributed by atoms with van der Waals surface area (Å²) in [6, 6.07) is 9.50. The van der Waals surface area contributed by atoms with Gasteiger partial charge in [0.1, 0.15) is 5.78 Å². The van der Waals surface area contributed by atoms with Gasteiger partial charge in [-0.1, -0.05) is 36.8 Å². The van der Waals surface area contributed by atoms with Crippen LogP contribution in [-0.4, -0.2) is 11.6 Å². The first-order valence-corrected chi connectivity index (χ1v) is 6.88. The number of fused-ring (bicyclic) bond motifs is 2. The van der Waals surface area contributed by atoms with Gasteiger partial charge in [-0.25, -0.2) is 0 Å². The van der Waals surface area contributed by atoms with Crippen LogP contribution in [-0.2, 0) is 4.79 Å². The molecule has 0 saturated heterocycles. The molecule has 94 valence electrons. The van der Waals surface area contributed by atoms with Crippen LogP contribution in [0.4, 0.5) is 0 Å². The Labute approximate surface area is 107 Å². The fraction of sp³-hybridized carbons (Fsp3) is 0.500. The highest BCUT2D eigenvalue weighted by Crippen LogP contribution is 2.41. The fourth-order valence-corrected chi connectivity index (χ4v) is 3.53. The number of rotatable bonds is 2. The summed E-state index contributed by atoms with van der Waals surface area (Å²) in [5.41, 5.74) is 0.801. The van der Waals surface area contributed by atoms with Crippen LogP contribution in [0.15, 0.2) is 30.3 Å². The molecule has 1 aromatic carbocycles. The second-order valence-corrected chi connectivity index (χ2v) is 5.63. The van der Waals surface area contributed by atoms with Gasteiger partial charge >= 0.3 is 0 Å². The molecule has 0 N–H and O–H groups in total. The molecular formula is C16H18O2. The van der Waals surface area contributed by atoms with Crippen molar-refractivity contribution in [3.63, 3.8) is 0 Å². The number of carbonyl (C=O) groups excluding carboxylic acids is 2. The molecule has 2 nitrogen and oxygen atoms in total. The summed E-state index contributed by atoms with van der Waals surface area (Å²) in [5.74, 6) is 1.06. The van der Waals surface area contributed by atoms with E-state index in [1.54, 1.807) is 0 Å². The van der Waals surface area contributed by atoms with Crippen LogP contribution in [0, 0.1) is 17.8 Å². The second-order valence-electron chi connectivity index (χ2n) is 5.63. The first kappa shape index (κ1) is 11.6. The Bertz CT molecular complexity index is 447. The van der Waals surface area contributed by atoms with E-state index in [0.29, 0.717) is 5.78 Å². The van der Waals surface area contributed by atoms with Gasteiger partial charge in [-0.05, 0) is 25.7 Å². The molecule has 0 heterocycles. The Hall–Kier alpha value is -1.44. The summed E-state index contributed by atoms with van der Waals surface area (Å²) in [6.07, 6.45) is 4.71. The molecule has 2 fully saturated rings. The average molecular weight is 242 g/mol. The average Bonchev–Trinajstić information content (AvgIpc) is 2.38. The zero-order valence-corrected chi connectivity index (χ0v) is 10.5. The zero-order valence-electron chi connectivity index (χ0n) is 10.5. The van der Waals surface area contributed by atoms with Gasteiger partial charge in [0.15, 0.2) is 5.78 Å². The SMILES string of the molecule is O=C(c1ccccc1)C1C[C@H]2CCC[C@@H](C1)C2=O. The van der Waals surface area contributed by atoms with Crippen LogP contribution in [0.1, 0.15) is 42.5 Å². The molecule has 18 heavy (non-hydrogen) atoms. The van der Waals surface area contributed by atoms with Crippen LogP contribution in [0.2, 0.25) is 0 Å². The van der Waals surface area contributed by atoms with Crippen LogP contribution in [0.3, 0.4) is 0 Å². The van der Waals surface area contributed by atoms with Gasteiger partial charge in [-0.2, -0.15) is 0 Å². The van der Waals surface area contributed by atoms with Crippen molar-refractivity contribution in [2.75, 3.05) is 0 Å². The van der Waals surface area contributed by atoms with Crippen LogP contribution in [0.5, 0.6) is 0 Å². The van der Waals surface area contributed by atoms with E-state index in [-0.39, 0.29) is 23.5 Å². The van der Waals surface area contributed by atoms with Crippen molar-refractivity contribution in [1.82, 2.24) is 0 Å². The predicted molar refractivity (Wildman–Crippen MR) is 69.3 cm³/mol. The summed E-state index contributed by atoms with van der Waals surface area (Å²) < 4.78 is 0. The molecule has 3 atom stereocenters. The van der Waals surface area contributed by atoms with E-state index >= 15 is 0 Å². The van der Waals surface area contributed by atoms with Crippen molar-refractivity contribution in [2.24, 2.45) is 17.8 Å². The highest BCUT2D eigenvalue weighted by atomic mass is 16.1. The molecule has 2 bridgehead atoms. The third kappa shape index (κ3) is 2.00. The molecule has 2 saturated carbocycles. The number of Topliss-reactive ketones (excluding diaryl/α,β-unsaturated/α-hetero) is 2. The summed E-state index contributed by atoms with van der Waals surface area (Å²) in [5, 5.41) is 0. The first-order valence-electron chi connectivity index (χ1n) is 6.88. The van der Waals surface area contributed by atoms with E-state index in [1.165, 1.54) is 0 Å². The highest BCUT2D eigenvalue weighted by molar-refractivity contribution is 5.99. The number of carbonyl (C=O) groups is 2. The normalized spacial score (nSPS) is 31.1. The standard InChI is InChI=1S/C16H18O2/c17-15(11-5-2-1-3-6-11)14-9-12-7-4-8-13(10-14)16(12)18/h1-3,5-6,12-14H,4,7-10H2/t12-,13+,14?. The Morgan fingerprint density at radius 1 is 1.00 bits per heavy atom. The van der Waals surface area contributed by atoms with Gasteiger partial charge in [-0.15, -0.1) is 0 Å². The van der Waals surface area contributed by atoms with Crippen molar-refractivity contribution in [3.05, 3.63) is 35.9 Å². The molecule has 2 heteroatoms. The Morgan fingerprint density at radius 2 is 1.61 bits per heavy atom. The minimum absolute atomic E-state index is 0.0698. The van der Waals surface area contributed by atoms with Gasteiger partial charge in [0.05, 0.1) is 0 Å². The van der Waals surface area contributed by atoms with Crippen molar-refractivity contribution in [3.8, 4) is 0 Å². The van der Waals surface area contributed by atoms with Gasteiger partial charge in [-0.3, -0.25) is 9.59 Å². The smallest absolute Gasteiger partial charge is 0.165 e. The van der Waals surface area contributed by atoms with Gasteiger partial charge in [0.25, 0.3) is 0 Å². The van der Waals surface area contributed by atoms with Gasteiger partial charge < -0.3 is 0 Å². The molecule has 0 radical (unpaired) electrons. The number of ketones is 2. The summed E-state index contributed by atoms with van der Waals surface area (Å²) in [4.78, 5) is 24.4. The molecule has 1 unspecified atom stereocenters. The Balaban J connectivity index is 1.78. The maximum Gasteiger partial charge on any atom is 0.165 e. The molecular weight excluding hydrogens is 224 g/mol. The van der Waals surface area contributed by atoms with E-state index in [1.807, 2.05) is 30.3 Å². The van der Waals surface area contributed by atoms with Crippen molar-refractivity contribution >= 4 is 11.6 Å². The van der Waals surface area contributed by atoms with Crippen LogP contribution >= 0.6 is 0 Å². The monoisotopic (exact) mass is 242 g/mol. The Morgan fingerprint density at radius 3 is 2.22 bits per heavy atom. The second kappa shape index (κ2) is 4.68. The van der Waals surface area contributed by atoms with E-state index in [2.05, 4.69) is 0 Å². The van der Waals surface area contributed by atoms with Crippen molar-refractivity contribution < 1.29 is 9.59 Å². The molecule has 1 aromatic rings. The van der Waals surface area contributed by atoms with Crippen molar-refractivity contribution in [1.29, 1.82) is 0 Å². The summed E-state index contributed by atoms with van der Waals surface area (Å²) in [6.45, 7) is 0. The zero-order chi connectivity index (χ0) is 12.5. The number of hydrogen-bond donors (Lipinski definition) is 0. The van der Waals surface area contributed by atoms with E-state index in [0.717, 1.165) is 37.7 Å². The van der Waals surface area contributed by atoms with Gasteiger partial charge in [0.2, 0.25) is 0 Å². The Kier molecular flexibility index (Phi) is 3.02. The summed E-state index contributed by atoms with van der Waals surface area (Å²) in [7, 11) is 0. The van der Waals surface area contributed by atoms with Crippen LogP contribution < -0.4 is 0 Å². The number of hydrogen-bond acceptors (Lipinski definition) is 2. The quantitative estimate of drug-likeness (QED) is 0.746. The third-order valence-corrected chi connectivity index (χ3v) is 4.48. The third-order valence-electron chi connectivity index (χ3n) is 4.48. The molecule has 2 aliphatic carbocycles. The molecule has 0 aromatic heterocycles. The lowest BCUT2D eigenvalue weighted by molar-refractivity contribution is -0.132. The first-order chi connectivity index (χ1) is 8.75. The van der Waals surface area contributed by atoms with Gasteiger partial charge in [0, 0.05) is 23.3 Å². The van der Waals surface area contributed by atoms with E-state index in [9.17, 15) is 9.59 Å². The molecule has 3 rings (SSSR count). The molecule has 0 aliphatic heterocycles. The fourth-order valence-electron chi connectivity index (χ4n) is 3.53. The molecule has 2 aliphatic rings. The van der Waals surface area contributed by atoms with E-state index < -0.39 is 0 Å². The summed E-state index contributed by atoms with van der Waals surface area (Å²) >= 11 is 0. The lowest BCUT2D eigenvalue weighted by Gasteiger charge is -2.37. The topological polar surface area (TPSA) is 34.1 Å². The largest absolute Gasteiger partial charge is 0.299 e. The maximum atomic E-state index is 12.4. The minimum atomic E-state index is 0.0698. The lowest BCUT2D eigenvalue weighted by atomic mass is 9.65. The number of benzene rings is 1. The van der Waals surface area contributed by atoms with Crippen LogP contribution in [0.25, 0.3) is 0 Å². The van der Waals surface area contributed by atoms with E-state index in [4.69, 9.17) is 0 Å². The predicted octanol–water partition coefficient (Wildman–Crippen LogP) is 3.26. The lowest BCUT2D eigenvalue weighted by Crippen LogP contribution is -2.39. The molecule has 0 spiro atoms. The highest BCUT2D eigenvalue weighted by Gasteiger charge is 2.41. The minimum Gasteiger partial charge on any atom is -0.299 e. The van der Waals surface area contributed by atoms with Crippen molar-refractivity contribution in [2.45, 2.75) is 32.1 Å². The molecule has 0 amide bonds. The maximum absolute atomic E-state index is 12.4.